The van der Waals surface area contributed by atoms with Gasteiger partial charge in [-0.3, -0.25) is 0 Å². The standard InChI is InChI=1S/C14H22N2S/c1-3-14(15)11-4-6-12(7-5-11)16(2)13-8-9-17-10-13/h4-7,13-14H,3,8-10,15H2,1-2H3/t13?,14-/m0/s1. The number of anilines is 1. The molecule has 17 heavy (non-hydrogen) atoms. The average Bonchev–Trinajstić information content (AvgIpc) is 2.91. The molecule has 0 bridgehead atoms. The minimum absolute atomic E-state index is 0.177. The summed E-state index contributed by atoms with van der Waals surface area (Å²) in [7, 11) is 2.20. The van der Waals surface area contributed by atoms with Crippen LogP contribution in [-0.4, -0.2) is 24.6 Å². The molecule has 1 saturated heterocycles. The molecule has 1 heterocycles. The van der Waals surface area contributed by atoms with Crippen molar-refractivity contribution in [2.24, 2.45) is 5.73 Å². The molecule has 0 amide bonds. The van der Waals surface area contributed by atoms with E-state index in [1.54, 1.807) is 0 Å². The smallest absolute Gasteiger partial charge is 0.0385 e. The highest BCUT2D eigenvalue weighted by molar-refractivity contribution is 7.99. The van der Waals surface area contributed by atoms with E-state index in [0.29, 0.717) is 6.04 Å². The van der Waals surface area contributed by atoms with Crippen LogP contribution < -0.4 is 10.6 Å². The minimum Gasteiger partial charge on any atom is -0.371 e. The third kappa shape index (κ3) is 2.96. The van der Waals surface area contributed by atoms with E-state index >= 15 is 0 Å². The average molecular weight is 250 g/mol. The lowest BCUT2D eigenvalue weighted by molar-refractivity contribution is 0.691. The van der Waals surface area contributed by atoms with Crippen molar-refractivity contribution in [2.75, 3.05) is 23.5 Å². The molecule has 3 heteroatoms. The van der Waals surface area contributed by atoms with E-state index in [1.807, 2.05) is 0 Å². The van der Waals surface area contributed by atoms with Gasteiger partial charge in [0.1, 0.15) is 0 Å². The van der Waals surface area contributed by atoms with Crippen LogP contribution in [0.25, 0.3) is 0 Å². The summed E-state index contributed by atoms with van der Waals surface area (Å²) in [6.45, 7) is 2.13. The summed E-state index contributed by atoms with van der Waals surface area (Å²) >= 11 is 2.06. The summed E-state index contributed by atoms with van der Waals surface area (Å²) in [6, 6.07) is 9.62. The fourth-order valence-corrected chi connectivity index (χ4v) is 3.50. The van der Waals surface area contributed by atoms with Crippen molar-refractivity contribution in [1.29, 1.82) is 0 Å². The highest BCUT2D eigenvalue weighted by Crippen LogP contribution is 2.26. The van der Waals surface area contributed by atoms with E-state index in [9.17, 15) is 0 Å². The molecule has 2 nitrogen and oxygen atoms in total. The molecule has 0 radical (unpaired) electrons. The second kappa shape index (κ2) is 5.78. The molecule has 1 aliphatic heterocycles. The van der Waals surface area contributed by atoms with Gasteiger partial charge in [0.25, 0.3) is 0 Å². The number of benzene rings is 1. The number of thioether (sulfide) groups is 1. The molecule has 1 aromatic rings. The molecule has 1 fully saturated rings. The number of hydrogen-bond donors (Lipinski definition) is 1. The van der Waals surface area contributed by atoms with Gasteiger partial charge in [0.05, 0.1) is 0 Å². The molecular weight excluding hydrogens is 228 g/mol. The Bertz CT molecular complexity index is 344. The van der Waals surface area contributed by atoms with Crippen LogP contribution in [0.3, 0.4) is 0 Å². The Morgan fingerprint density at radius 2 is 2.12 bits per heavy atom. The van der Waals surface area contributed by atoms with E-state index in [4.69, 9.17) is 5.73 Å². The Balaban J connectivity index is 2.06. The summed E-state index contributed by atoms with van der Waals surface area (Å²) in [5, 5.41) is 0. The summed E-state index contributed by atoms with van der Waals surface area (Å²) in [5.41, 5.74) is 8.58. The van der Waals surface area contributed by atoms with Crippen molar-refractivity contribution in [1.82, 2.24) is 0 Å². The monoisotopic (exact) mass is 250 g/mol. The predicted molar refractivity (Wildman–Crippen MR) is 77.8 cm³/mol. The molecule has 1 unspecified atom stereocenters. The first-order valence-electron chi connectivity index (χ1n) is 6.38. The fourth-order valence-electron chi connectivity index (χ4n) is 2.23. The zero-order valence-electron chi connectivity index (χ0n) is 10.7. The molecule has 2 atom stereocenters. The van der Waals surface area contributed by atoms with Crippen LogP contribution in [0.2, 0.25) is 0 Å². The lowest BCUT2D eigenvalue weighted by Crippen LogP contribution is -2.31. The van der Waals surface area contributed by atoms with Crippen molar-refractivity contribution < 1.29 is 0 Å². The largest absolute Gasteiger partial charge is 0.371 e. The molecule has 0 saturated carbocycles. The zero-order chi connectivity index (χ0) is 12.3. The van der Waals surface area contributed by atoms with Gasteiger partial charge in [0.2, 0.25) is 0 Å². The van der Waals surface area contributed by atoms with E-state index < -0.39 is 0 Å². The normalized spacial score (nSPS) is 21.5. The number of nitrogens with two attached hydrogens (primary N) is 1. The molecule has 2 N–H and O–H groups in total. The van der Waals surface area contributed by atoms with Crippen molar-refractivity contribution in [3.05, 3.63) is 29.8 Å². The summed E-state index contributed by atoms with van der Waals surface area (Å²) in [5.74, 6) is 2.56. The number of rotatable bonds is 4. The highest BCUT2D eigenvalue weighted by Gasteiger charge is 2.20. The van der Waals surface area contributed by atoms with E-state index in [0.717, 1.165) is 6.42 Å². The fraction of sp³-hybridized carbons (Fsp3) is 0.571. The number of hydrogen-bond acceptors (Lipinski definition) is 3. The first kappa shape index (κ1) is 12.8. The predicted octanol–water partition coefficient (Wildman–Crippen LogP) is 3.04. The second-order valence-corrected chi connectivity index (χ2v) is 5.88. The summed E-state index contributed by atoms with van der Waals surface area (Å²) < 4.78 is 0. The second-order valence-electron chi connectivity index (χ2n) is 4.73. The van der Waals surface area contributed by atoms with E-state index in [2.05, 4.69) is 54.9 Å². The van der Waals surface area contributed by atoms with E-state index in [-0.39, 0.29) is 6.04 Å². The van der Waals surface area contributed by atoms with Gasteiger partial charge >= 0.3 is 0 Å². The van der Waals surface area contributed by atoms with Crippen LogP contribution >= 0.6 is 11.8 Å². The minimum atomic E-state index is 0.177. The molecule has 94 valence electrons. The molecular formula is C14H22N2S. The summed E-state index contributed by atoms with van der Waals surface area (Å²) in [6.07, 6.45) is 2.30. The van der Waals surface area contributed by atoms with Crippen LogP contribution in [0.4, 0.5) is 5.69 Å². The van der Waals surface area contributed by atoms with Crippen molar-refractivity contribution in [3.63, 3.8) is 0 Å². The molecule has 1 aromatic carbocycles. The van der Waals surface area contributed by atoms with Gasteiger partial charge in [-0.15, -0.1) is 0 Å². The molecule has 1 aliphatic rings. The summed E-state index contributed by atoms with van der Waals surface area (Å²) in [4.78, 5) is 2.40. The van der Waals surface area contributed by atoms with Gasteiger partial charge in [0, 0.05) is 30.6 Å². The first-order chi connectivity index (χ1) is 8.22. The molecule has 0 aliphatic carbocycles. The van der Waals surface area contributed by atoms with Gasteiger partial charge in [0.15, 0.2) is 0 Å². The first-order valence-corrected chi connectivity index (χ1v) is 7.54. The Hall–Kier alpha value is -0.670. The lowest BCUT2D eigenvalue weighted by Gasteiger charge is -2.26. The quantitative estimate of drug-likeness (QED) is 0.890. The van der Waals surface area contributed by atoms with Gasteiger partial charge < -0.3 is 10.6 Å². The lowest BCUT2D eigenvalue weighted by atomic mass is 10.0. The Labute approximate surface area is 109 Å². The maximum atomic E-state index is 6.03. The third-order valence-electron chi connectivity index (χ3n) is 3.62. The van der Waals surface area contributed by atoms with Crippen LogP contribution in [0, 0.1) is 0 Å². The topological polar surface area (TPSA) is 29.3 Å². The Kier molecular flexibility index (Phi) is 4.35. The van der Waals surface area contributed by atoms with Crippen LogP contribution in [0.15, 0.2) is 24.3 Å². The van der Waals surface area contributed by atoms with Crippen LogP contribution in [-0.2, 0) is 0 Å². The van der Waals surface area contributed by atoms with Gasteiger partial charge in [-0.2, -0.15) is 11.8 Å². The number of nitrogens with zero attached hydrogens (tertiary/aromatic N) is 1. The Morgan fingerprint density at radius 3 is 2.65 bits per heavy atom. The van der Waals surface area contributed by atoms with Crippen LogP contribution in [0.5, 0.6) is 0 Å². The Morgan fingerprint density at radius 1 is 1.41 bits per heavy atom. The highest BCUT2D eigenvalue weighted by atomic mass is 32.2. The molecule has 0 spiro atoms. The zero-order valence-corrected chi connectivity index (χ0v) is 11.5. The SMILES string of the molecule is CC[C@H](N)c1ccc(N(C)C2CCSC2)cc1. The maximum absolute atomic E-state index is 6.03. The van der Waals surface area contributed by atoms with Crippen molar-refractivity contribution in [2.45, 2.75) is 31.8 Å². The molecule has 2 rings (SSSR count). The van der Waals surface area contributed by atoms with E-state index in [1.165, 1.54) is 29.2 Å². The third-order valence-corrected chi connectivity index (χ3v) is 4.77. The van der Waals surface area contributed by atoms with Gasteiger partial charge in [-0.25, -0.2) is 0 Å². The van der Waals surface area contributed by atoms with Gasteiger partial charge in [-0.05, 0) is 36.3 Å². The maximum Gasteiger partial charge on any atom is 0.0385 e. The van der Waals surface area contributed by atoms with Crippen LogP contribution in [0.1, 0.15) is 31.4 Å². The van der Waals surface area contributed by atoms with Crippen molar-refractivity contribution >= 4 is 17.4 Å². The van der Waals surface area contributed by atoms with Gasteiger partial charge in [-0.1, -0.05) is 19.1 Å². The molecule has 0 aromatic heterocycles. The van der Waals surface area contributed by atoms with Crippen molar-refractivity contribution in [3.8, 4) is 0 Å².